The molecule has 246 valence electrons. The average Bonchev–Trinajstić information content (AvgIpc) is 3.18. The van der Waals surface area contributed by atoms with E-state index in [1.54, 1.807) is 0 Å². The van der Waals surface area contributed by atoms with E-state index in [1.807, 2.05) is 0 Å². The number of hydrogen-bond acceptors (Lipinski definition) is 2. The summed E-state index contributed by atoms with van der Waals surface area (Å²) in [5.41, 5.74) is 16.0. The second-order valence-corrected chi connectivity index (χ2v) is 15.0. The van der Waals surface area contributed by atoms with E-state index in [0.717, 1.165) is 11.4 Å². The zero-order valence-electron chi connectivity index (χ0n) is 29.7. The fraction of sp³-hybridized carbons (Fsp3) is 0.125. The molecule has 0 aliphatic carbocycles. The van der Waals surface area contributed by atoms with Crippen molar-refractivity contribution in [2.45, 2.75) is 38.5 Å². The highest BCUT2D eigenvalue weighted by atomic mass is 15.2. The van der Waals surface area contributed by atoms with Gasteiger partial charge in [-0.3, -0.25) is 0 Å². The Morgan fingerprint density at radius 1 is 0.353 bits per heavy atom. The van der Waals surface area contributed by atoms with Crippen molar-refractivity contribution in [2.75, 3.05) is 9.80 Å². The normalized spacial score (nSPS) is 13.4. The molecule has 0 amide bonds. The smallest absolute Gasteiger partial charge is 0.252 e. The number of fused-ring (bicyclic) bond motifs is 4. The molecule has 2 aliphatic heterocycles. The zero-order chi connectivity index (χ0) is 34.7. The monoisotopic (exact) mass is 656 g/mol. The Labute approximate surface area is 302 Å². The first-order valence-electron chi connectivity index (χ1n) is 18.1. The molecular formula is C48H41BN2. The number of rotatable bonds is 6. The van der Waals surface area contributed by atoms with Crippen molar-refractivity contribution < 1.29 is 0 Å². The third kappa shape index (κ3) is 4.94. The van der Waals surface area contributed by atoms with E-state index in [0.29, 0.717) is 0 Å². The van der Waals surface area contributed by atoms with Crippen LogP contribution in [0.15, 0.2) is 176 Å². The van der Waals surface area contributed by atoms with Crippen LogP contribution in [0.2, 0.25) is 0 Å². The lowest BCUT2D eigenvalue weighted by Crippen LogP contribution is -2.61. The number of para-hydroxylation sites is 3. The maximum atomic E-state index is 2.54. The first kappa shape index (κ1) is 31.2. The van der Waals surface area contributed by atoms with E-state index in [1.165, 1.54) is 61.4 Å². The maximum absolute atomic E-state index is 2.54. The van der Waals surface area contributed by atoms with Gasteiger partial charge in [-0.25, -0.2) is 0 Å². The second-order valence-electron chi connectivity index (χ2n) is 15.0. The van der Waals surface area contributed by atoms with E-state index in [9.17, 15) is 0 Å². The van der Waals surface area contributed by atoms with Gasteiger partial charge in [0.1, 0.15) is 0 Å². The van der Waals surface area contributed by atoms with E-state index in [-0.39, 0.29) is 17.5 Å². The van der Waals surface area contributed by atoms with Crippen molar-refractivity contribution in [1.29, 1.82) is 0 Å². The summed E-state index contributed by atoms with van der Waals surface area (Å²) in [7, 11) is 0. The Hall–Kier alpha value is -5.80. The minimum atomic E-state index is -0.249. The summed E-state index contributed by atoms with van der Waals surface area (Å²) in [6.45, 7) is 9.49. The molecular weight excluding hydrogens is 615 g/mol. The summed E-state index contributed by atoms with van der Waals surface area (Å²) < 4.78 is 0. The summed E-state index contributed by atoms with van der Waals surface area (Å²) in [6, 6.07) is 64.9. The lowest BCUT2D eigenvalue weighted by Gasteiger charge is -2.45. The van der Waals surface area contributed by atoms with Gasteiger partial charge in [0, 0.05) is 45.0 Å². The van der Waals surface area contributed by atoms with Crippen LogP contribution in [0.25, 0.3) is 0 Å². The number of nitrogens with zero attached hydrogens (tertiary/aromatic N) is 2. The first-order valence-corrected chi connectivity index (χ1v) is 18.1. The zero-order valence-corrected chi connectivity index (χ0v) is 29.7. The highest BCUT2D eigenvalue weighted by Crippen LogP contribution is 2.47. The molecule has 7 aromatic carbocycles. The topological polar surface area (TPSA) is 6.48 Å². The molecule has 0 radical (unpaired) electrons. The van der Waals surface area contributed by atoms with Crippen molar-refractivity contribution in [3.8, 4) is 0 Å². The predicted octanol–water partition coefficient (Wildman–Crippen LogP) is 10.4. The number of hydrogen-bond donors (Lipinski definition) is 0. The lowest BCUT2D eigenvalue weighted by molar-refractivity contribution is 0.640. The molecule has 7 aromatic rings. The molecule has 0 aromatic heterocycles. The van der Waals surface area contributed by atoms with Crippen molar-refractivity contribution in [2.24, 2.45) is 0 Å². The second kappa shape index (κ2) is 11.9. The summed E-state index contributed by atoms with van der Waals surface area (Å²) in [5.74, 6) is 0. The van der Waals surface area contributed by atoms with Crippen LogP contribution in [0.1, 0.15) is 49.9 Å². The van der Waals surface area contributed by atoms with Gasteiger partial charge < -0.3 is 9.80 Å². The Kier molecular flexibility index (Phi) is 7.29. The van der Waals surface area contributed by atoms with Crippen molar-refractivity contribution in [3.05, 3.63) is 198 Å². The molecule has 9 rings (SSSR count). The van der Waals surface area contributed by atoms with Gasteiger partial charge in [0.25, 0.3) is 6.71 Å². The highest BCUT2D eigenvalue weighted by molar-refractivity contribution is 7.00. The van der Waals surface area contributed by atoms with E-state index < -0.39 is 0 Å². The summed E-state index contributed by atoms with van der Waals surface area (Å²) in [5, 5.41) is 0. The molecule has 0 saturated carbocycles. The van der Waals surface area contributed by atoms with Crippen LogP contribution in [-0.4, -0.2) is 6.71 Å². The molecule has 0 fully saturated rings. The molecule has 0 unspecified atom stereocenters. The number of anilines is 6. The van der Waals surface area contributed by atoms with Crippen LogP contribution in [0.4, 0.5) is 34.1 Å². The third-order valence-electron chi connectivity index (χ3n) is 11.4. The Morgan fingerprint density at radius 3 is 1.31 bits per heavy atom. The minimum Gasteiger partial charge on any atom is -0.311 e. The molecule has 2 heterocycles. The molecule has 2 nitrogen and oxygen atoms in total. The van der Waals surface area contributed by atoms with Gasteiger partial charge in [-0.05, 0) is 87.2 Å². The van der Waals surface area contributed by atoms with Gasteiger partial charge in [0.05, 0.1) is 0 Å². The van der Waals surface area contributed by atoms with Crippen LogP contribution in [-0.2, 0) is 10.8 Å². The van der Waals surface area contributed by atoms with Crippen LogP contribution >= 0.6 is 0 Å². The van der Waals surface area contributed by atoms with Gasteiger partial charge in [0.2, 0.25) is 0 Å². The molecule has 0 N–H and O–H groups in total. The summed E-state index contributed by atoms with van der Waals surface area (Å²) >= 11 is 0. The fourth-order valence-corrected chi connectivity index (χ4v) is 8.45. The van der Waals surface area contributed by atoms with Gasteiger partial charge in [0.15, 0.2) is 0 Å². The van der Waals surface area contributed by atoms with Crippen LogP contribution in [0, 0.1) is 0 Å². The predicted molar refractivity (Wildman–Crippen MR) is 218 cm³/mol. The molecule has 51 heavy (non-hydrogen) atoms. The van der Waals surface area contributed by atoms with Gasteiger partial charge in [-0.2, -0.15) is 0 Å². The van der Waals surface area contributed by atoms with Gasteiger partial charge >= 0.3 is 0 Å². The van der Waals surface area contributed by atoms with Crippen molar-refractivity contribution in [1.82, 2.24) is 0 Å². The quantitative estimate of drug-likeness (QED) is 0.164. The Bertz CT molecular complexity index is 2370. The molecule has 3 heteroatoms. The summed E-state index contributed by atoms with van der Waals surface area (Å²) in [6.07, 6.45) is 0. The minimum absolute atomic E-state index is 0.0731. The molecule has 0 bridgehead atoms. The fourth-order valence-electron chi connectivity index (χ4n) is 8.45. The third-order valence-corrected chi connectivity index (χ3v) is 11.4. The Balaban J connectivity index is 1.38. The number of benzene rings is 7. The van der Waals surface area contributed by atoms with E-state index in [2.05, 4.69) is 213 Å². The van der Waals surface area contributed by atoms with Gasteiger partial charge in [-0.15, -0.1) is 0 Å². The maximum Gasteiger partial charge on any atom is 0.252 e. The first-order chi connectivity index (χ1) is 24.8. The molecule has 2 aliphatic rings. The summed E-state index contributed by atoms with van der Waals surface area (Å²) in [4.78, 5) is 5.03. The van der Waals surface area contributed by atoms with Crippen LogP contribution in [0.5, 0.6) is 0 Å². The largest absolute Gasteiger partial charge is 0.311 e. The van der Waals surface area contributed by atoms with Crippen LogP contribution in [0.3, 0.4) is 0 Å². The average molecular weight is 657 g/mol. The standard InChI is InChI=1S/C48H41BN2/c1-47(2,34-19-9-5-10-20-34)36-29-30-41-43(31-36)51(39-25-15-8-16-26-39)45-33-37(48(3,4)35-21-11-6-12-22-35)32-44-46(45)49(41)40-27-17-18-28-42(40)50(44)38-23-13-7-14-24-38/h5-33H,1-4H3. The van der Waals surface area contributed by atoms with Crippen molar-refractivity contribution in [3.63, 3.8) is 0 Å². The van der Waals surface area contributed by atoms with E-state index >= 15 is 0 Å². The van der Waals surface area contributed by atoms with E-state index in [4.69, 9.17) is 0 Å². The SMILES string of the molecule is CC(C)(c1ccccc1)c1ccc2c(c1)N(c1ccccc1)c1cc(C(C)(C)c3ccccc3)cc3c1B2c1ccccc1N3c1ccccc1. The molecule has 0 atom stereocenters. The lowest BCUT2D eigenvalue weighted by atomic mass is 9.33. The molecule has 0 saturated heterocycles. The van der Waals surface area contributed by atoms with Crippen molar-refractivity contribution >= 4 is 57.2 Å². The molecule has 0 spiro atoms. The highest BCUT2D eigenvalue weighted by Gasteiger charge is 2.44. The van der Waals surface area contributed by atoms with Gasteiger partial charge in [-0.1, -0.05) is 155 Å². The van der Waals surface area contributed by atoms with Crippen LogP contribution < -0.4 is 26.2 Å². The Morgan fingerprint density at radius 2 is 0.765 bits per heavy atom.